The number of carbonyl (C=O) groups excluding carboxylic acids is 1. The highest BCUT2D eigenvalue weighted by atomic mass is 79.9. The van der Waals surface area contributed by atoms with Gasteiger partial charge in [-0.05, 0) is 52.9 Å². The summed E-state index contributed by atoms with van der Waals surface area (Å²) in [5.74, 6) is 0.398. The summed E-state index contributed by atoms with van der Waals surface area (Å²) in [6.45, 7) is 1.50. The molecule has 1 fully saturated rings. The van der Waals surface area contributed by atoms with Crippen molar-refractivity contribution >= 4 is 21.8 Å². The number of aromatic nitrogens is 2. The molecule has 1 amide bonds. The van der Waals surface area contributed by atoms with E-state index in [0.29, 0.717) is 18.2 Å². The van der Waals surface area contributed by atoms with Gasteiger partial charge in [-0.2, -0.15) is 5.10 Å². The number of amides is 1. The summed E-state index contributed by atoms with van der Waals surface area (Å²) in [6.07, 6.45) is 3.38. The molecule has 1 saturated carbocycles. The van der Waals surface area contributed by atoms with E-state index < -0.39 is 0 Å². The Bertz CT molecular complexity index is 738. The molecule has 1 unspecified atom stereocenters. The van der Waals surface area contributed by atoms with Gasteiger partial charge in [-0.3, -0.25) is 9.89 Å². The lowest BCUT2D eigenvalue weighted by Gasteiger charge is -2.27. The number of hydrogen-bond donors (Lipinski definition) is 3. The molecule has 1 aromatic carbocycles. The van der Waals surface area contributed by atoms with Crippen molar-refractivity contribution in [2.45, 2.75) is 31.2 Å². The maximum atomic E-state index is 12.4. The second-order valence-electron chi connectivity index (χ2n) is 6.24. The van der Waals surface area contributed by atoms with E-state index in [4.69, 9.17) is 0 Å². The summed E-state index contributed by atoms with van der Waals surface area (Å²) in [4.78, 5) is 12.4. The van der Waals surface area contributed by atoms with E-state index in [1.807, 2.05) is 6.07 Å². The molecule has 0 spiro atoms. The van der Waals surface area contributed by atoms with E-state index >= 15 is 0 Å². The summed E-state index contributed by atoms with van der Waals surface area (Å²) in [5.41, 5.74) is 4.15. The molecule has 1 aromatic heterocycles. The molecule has 5 nitrogen and oxygen atoms in total. The van der Waals surface area contributed by atoms with Crippen LogP contribution in [0.15, 0.2) is 28.7 Å². The van der Waals surface area contributed by atoms with Crippen LogP contribution < -0.4 is 10.6 Å². The Labute approximate surface area is 143 Å². The first-order valence-electron chi connectivity index (χ1n) is 8.07. The minimum absolute atomic E-state index is 0.134. The Morgan fingerprint density at radius 3 is 3.00 bits per heavy atom. The van der Waals surface area contributed by atoms with Gasteiger partial charge in [0.05, 0.1) is 10.2 Å². The first-order valence-corrected chi connectivity index (χ1v) is 8.86. The van der Waals surface area contributed by atoms with Crippen molar-refractivity contribution in [2.75, 3.05) is 13.1 Å². The van der Waals surface area contributed by atoms with E-state index in [9.17, 15) is 4.79 Å². The zero-order valence-corrected chi connectivity index (χ0v) is 14.3. The molecule has 0 bridgehead atoms. The number of benzene rings is 1. The fourth-order valence-corrected chi connectivity index (χ4v) is 3.87. The number of nitrogens with one attached hydrogen (secondary N) is 3. The van der Waals surface area contributed by atoms with Crippen LogP contribution in [0.3, 0.4) is 0 Å². The molecule has 1 atom stereocenters. The van der Waals surface area contributed by atoms with Gasteiger partial charge in [0.25, 0.3) is 5.91 Å². The van der Waals surface area contributed by atoms with Crippen LogP contribution in [0.1, 0.15) is 52.1 Å². The van der Waals surface area contributed by atoms with Crippen LogP contribution in [0.2, 0.25) is 0 Å². The van der Waals surface area contributed by atoms with Crippen LogP contribution in [0, 0.1) is 0 Å². The first-order chi connectivity index (χ1) is 11.2. The Kier molecular flexibility index (Phi) is 3.95. The van der Waals surface area contributed by atoms with Crippen LogP contribution in [0.5, 0.6) is 0 Å². The fourth-order valence-electron chi connectivity index (χ4n) is 3.19. The lowest BCUT2D eigenvalue weighted by atomic mass is 9.94. The number of halogens is 1. The largest absolute Gasteiger partial charge is 0.349 e. The van der Waals surface area contributed by atoms with Crippen LogP contribution in [0.25, 0.3) is 0 Å². The average Bonchev–Trinajstić information content (AvgIpc) is 3.35. The maximum absolute atomic E-state index is 12.4. The van der Waals surface area contributed by atoms with Crippen molar-refractivity contribution in [3.8, 4) is 0 Å². The van der Waals surface area contributed by atoms with E-state index in [1.54, 1.807) is 0 Å². The molecule has 6 heteroatoms. The van der Waals surface area contributed by atoms with Gasteiger partial charge in [-0.15, -0.1) is 0 Å². The number of H-pyrrole nitrogens is 1. The van der Waals surface area contributed by atoms with Gasteiger partial charge in [0.15, 0.2) is 5.69 Å². The number of rotatable bonds is 4. The normalized spacial score (nSPS) is 20.1. The Balaban J connectivity index is 1.44. The van der Waals surface area contributed by atoms with Gasteiger partial charge in [-0.25, -0.2) is 0 Å². The number of carbonyl (C=O) groups is 1. The Hall–Kier alpha value is -1.66. The van der Waals surface area contributed by atoms with Crippen molar-refractivity contribution < 1.29 is 4.79 Å². The van der Waals surface area contributed by atoms with Crippen molar-refractivity contribution in [3.63, 3.8) is 0 Å². The smallest absolute Gasteiger partial charge is 0.273 e. The molecule has 120 valence electrons. The highest BCUT2D eigenvalue weighted by Crippen LogP contribution is 2.42. The van der Waals surface area contributed by atoms with Crippen molar-refractivity contribution in [2.24, 2.45) is 0 Å². The molecule has 2 heterocycles. The highest BCUT2D eigenvalue weighted by molar-refractivity contribution is 9.10. The predicted octanol–water partition coefficient (Wildman–Crippen LogP) is 2.67. The molecule has 3 N–H and O–H groups in total. The lowest BCUT2D eigenvalue weighted by Crippen LogP contribution is -2.39. The molecule has 2 aliphatic rings. The topological polar surface area (TPSA) is 69.8 Å². The van der Waals surface area contributed by atoms with Gasteiger partial charge in [0.2, 0.25) is 0 Å². The summed E-state index contributed by atoms with van der Waals surface area (Å²) in [7, 11) is 0. The monoisotopic (exact) mass is 374 g/mol. The van der Waals surface area contributed by atoms with Gasteiger partial charge in [0.1, 0.15) is 0 Å². The third-order valence-electron chi connectivity index (χ3n) is 4.62. The van der Waals surface area contributed by atoms with E-state index in [0.717, 1.165) is 23.1 Å². The number of aromatic amines is 1. The summed E-state index contributed by atoms with van der Waals surface area (Å²) in [6, 6.07) is 8.57. The van der Waals surface area contributed by atoms with Gasteiger partial charge in [-0.1, -0.05) is 24.3 Å². The third-order valence-corrected chi connectivity index (χ3v) is 5.42. The van der Waals surface area contributed by atoms with Crippen LogP contribution >= 0.6 is 15.9 Å². The minimum Gasteiger partial charge on any atom is -0.349 e. The molecular weight excluding hydrogens is 356 g/mol. The molecule has 23 heavy (non-hydrogen) atoms. The lowest BCUT2D eigenvalue weighted by molar-refractivity contribution is 0.0943. The van der Waals surface area contributed by atoms with Gasteiger partial charge >= 0.3 is 0 Å². The van der Waals surface area contributed by atoms with E-state index in [-0.39, 0.29) is 11.9 Å². The molecule has 1 aliphatic heterocycles. The zero-order valence-electron chi connectivity index (χ0n) is 12.7. The number of hydrogen-bond acceptors (Lipinski definition) is 3. The van der Waals surface area contributed by atoms with E-state index in [2.05, 4.69) is 55.0 Å². The summed E-state index contributed by atoms with van der Waals surface area (Å²) >= 11 is 3.51. The molecule has 0 radical (unpaired) electrons. The summed E-state index contributed by atoms with van der Waals surface area (Å²) < 4.78 is 0.814. The average molecular weight is 375 g/mol. The molecule has 0 saturated heterocycles. The third kappa shape index (κ3) is 2.93. The zero-order chi connectivity index (χ0) is 15.8. The SMILES string of the molecule is O=C(NCC1NCCc2ccccc21)c1n[nH]c(C2CC2)c1Br. The standard InChI is InChI=1S/C17H19BrN4O/c18-14-15(11-5-6-11)21-22-16(14)17(23)20-9-13-12-4-2-1-3-10(12)7-8-19-13/h1-4,11,13,19H,5-9H2,(H,20,23)(H,21,22). The second kappa shape index (κ2) is 6.09. The number of nitrogens with zero attached hydrogens (tertiary/aromatic N) is 1. The van der Waals surface area contributed by atoms with Gasteiger partial charge in [0, 0.05) is 18.5 Å². The highest BCUT2D eigenvalue weighted by Gasteiger charge is 2.30. The molecule has 4 rings (SSSR count). The minimum atomic E-state index is -0.134. The Morgan fingerprint density at radius 1 is 1.35 bits per heavy atom. The van der Waals surface area contributed by atoms with Crippen LogP contribution in [-0.2, 0) is 6.42 Å². The fraction of sp³-hybridized carbons (Fsp3) is 0.412. The molecular formula is C17H19BrN4O. The number of fused-ring (bicyclic) bond motifs is 1. The van der Waals surface area contributed by atoms with Crippen molar-refractivity contribution in [1.29, 1.82) is 0 Å². The second-order valence-corrected chi connectivity index (χ2v) is 7.03. The summed E-state index contributed by atoms with van der Waals surface area (Å²) in [5, 5.41) is 13.7. The van der Waals surface area contributed by atoms with E-state index in [1.165, 1.54) is 24.0 Å². The van der Waals surface area contributed by atoms with Crippen molar-refractivity contribution in [3.05, 3.63) is 51.3 Å². The molecule has 1 aliphatic carbocycles. The first kappa shape index (κ1) is 14.9. The van der Waals surface area contributed by atoms with Crippen molar-refractivity contribution in [1.82, 2.24) is 20.8 Å². The maximum Gasteiger partial charge on any atom is 0.273 e. The Morgan fingerprint density at radius 2 is 2.17 bits per heavy atom. The van der Waals surface area contributed by atoms with Crippen LogP contribution in [-0.4, -0.2) is 29.2 Å². The van der Waals surface area contributed by atoms with Gasteiger partial charge < -0.3 is 10.6 Å². The van der Waals surface area contributed by atoms with Crippen LogP contribution in [0.4, 0.5) is 0 Å². The molecule has 2 aromatic rings. The quantitative estimate of drug-likeness (QED) is 0.770. The predicted molar refractivity (Wildman–Crippen MR) is 91.5 cm³/mol.